The highest BCUT2D eigenvalue weighted by Crippen LogP contribution is 2.38. The van der Waals surface area contributed by atoms with Crippen LogP contribution in [0.25, 0.3) is 10.9 Å². The van der Waals surface area contributed by atoms with E-state index in [0.717, 1.165) is 31.2 Å². The van der Waals surface area contributed by atoms with Crippen LogP contribution in [0.15, 0.2) is 54.6 Å². The summed E-state index contributed by atoms with van der Waals surface area (Å²) >= 11 is 0. The van der Waals surface area contributed by atoms with Gasteiger partial charge in [0.05, 0.1) is 0 Å². The molecule has 3 aromatic rings. The molecule has 2 heterocycles. The number of benzene rings is 2. The number of nitrogens with zero attached hydrogens (tertiary/aromatic N) is 1. The molecule has 138 valence electrons. The summed E-state index contributed by atoms with van der Waals surface area (Å²) in [6.45, 7) is 1.66. The summed E-state index contributed by atoms with van der Waals surface area (Å²) in [4.78, 5) is 24.4. The summed E-state index contributed by atoms with van der Waals surface area (Å²) in [5.41, 5.74) is 4.63. The van der Waals surface area contributed by atoms with E-state index in [1.807, 2.05) is 30.3 Å². The summed E-state index contributed by atoms with van der Waals surface area (Å²) in [6, 6.07) is 18.2. The number of ketones is 2. The minimum Gasteiger partial charge on any atom is -0.341 e. The molecule has 0 amide bonds. The Hall–Kier alpha value is -2.68. The van der Waals surface area contributed by atoms with Crippen molar-refractivity contribution in [1.29, 1.82) is 0 Å². The molecule has 0 saturated carbocycles. The molecule has 1 atom stereocenters. The summed E-state index contributed by atoms with van der Waals surface area (Å²) in [5, 5.41) is 1.24. The van der Waals surface area contributed by atoms with Crippen molar-refractivity contribution in [3.63, 3.8) is 0 Å². The number of carbonyl (C=O) groups excluding carboxylic acids is 2. The average Bonchev–Trinajstić information content (AvgIpc) is 3.01. The second-order valence-electron chi connectivity index (χ2n) is 7.55. The third-order valence-corrected chi connectivity index (χ3v) is 5.69. The highest BCUT2D eigenvalue weighted by Gasteiger charge is 2.27. The van der Waals surface area contributed by atoms with Crippen LogP contribution >= 0.6 is 0 Å². The summed E-state index contributed by atoms with van der Waals surface area (Å²) in [6.07, 6.45) is 5.04. The SMILES string of the molecule is CC(=O)CCc1c2n(c3ccccc13)[C@@H](CC(=O)c1ccccc1)CCC2. The zero-order valence-corrected chi connectivity index (χ0v) is 15.8. The minimum absolute atomic E-state index is 0.192. The van der Waals surface area contributed by atoms with Crippen LogP contribution in [0.4, 0.5) is 0 Å². The summed E-state index contributed by atoms with van der Waals surface area (Å²) < 4.78 is 2.40. The predicted octanol–water partition coefficient (Wildman–Crippen LogP) is 5.31. The quantitative estimate of drug-likeness (QED) is 0.559. The lowest BCUT2D eigenvalue weighted by Gasteiger charge is -2.27. The predicted molar refractivity (Wildman–Crippen MR) is 108 cm³/mol. The van der Waals surface area contributed by atoms with Crippen molar-refractivity contribution >= 4 is 22.5 Å². The van der Waals surface area contributed by atoms with Gasteiger partial charge in [-0.05, 0) is 44.2 Å². The summed E-state index contributed by atoms with van der Waals surface area (Å²) in [5.74, 6) is 0.433. The molecule has 1 aromatic heterocycles. The Morgan fingerprint density at radius 3 is 2.56 bits per heavy atom. The monoisotopic (exact) mass is 359 g/mol. The lowest BCUT2D eigenvalue weighted by atomic mass is 9.94. The Kier molecular flexibility index (Phi) is 4.93. The van der Waals surface area contributed by atoms with Gasteiger partial charge in [0.25, 0.3) is 0 Å². The molecule has 2 aromatic carbocycles. The van der Waals surface area contributed by atoms with Crippen molar-refractivity contribution in [1.82, 2.24) is 4.57 Å². The molecule has 0 radical (unpaired) electrons. The molecule has 0 bridgehead atoms. The number of rotatable bonds is 6. The maximum absolute atomic E-state index is 12.8. The molecule has 0 N–H and O–H groups in total. The first-order valence-corrected chi connectivity index (χ1v) is 9.83. The van der Waals surface area contributed by atoms with Crippen LogP contribution in [0.1, 0.15) is 60.3 Å². The third kappa shape index (κ3) is 3.46. The molecule has 1 aliphatic rings. The smallest absolute Gasteiger partial charge is 0.164 e. The Labute approximate surface area is 160 Å². The third-order valence-electron chi connectivity index (χ3n) is 5.69. The number of fused-ring (bicyclic) bond motifs is 3. The number of para-hydroxylation sites is 1. The van der Waals surface area contributed by atoms with E-state index in [1.54, 1.807) is 6.92 Å². The number of carbonyl (C=O) groups is 2. The fraction of sp³-hybridized carbons (Fsp3) is 0.333. The van der Waals surface area contributed by atoms with E-state index in [0.29, 0.717) is 12.8 Å². The van der Waals surface area contributed by atoms with Crippen LogP contribution in [0.5, 0.6) is 0 Å². The van der Waals surface area contributed by atoms with Crippen LogP contribution in [0.3, 0.4) is 0 Å². The standard InChI is InChI=1S/C24H25NO2/c1-17(26)14-15-21-20-11-5-6-12-22(20)25-19(10-7-13-23(21)25)16-24(27)18-8-3-2-4-9-18/h2-6,8-9,11-12,19H,7,10,13-16H2,1H3/t19-/m1/s1. The Bertz CT molecular complexity index is 984. The molecular formula is C24H25NO2. The van der Waals surface area contributed by atoms with Crippen molar-refractivity contribution < 1.29 is 9.59 Å². The molecular weight excluding hydrogens is 334 g/mol. The molecule has 1 aliphatic heterocycles. The first-order chi connectivity index (χ1) is 13.1. The van der Waals surface area contributed by atoms with Gasteiger partial charge in [-0.25, -0.2) is 0 Å². The zero-order chi connectivity index (χ0) is 18.8. The first-order valence-electron chi connectivity index (χ1n) is 9.83. The lowest BCUT2D eigenvalue weighted by molar-refractivity contribution is -0.116. The van der Waals surface area contributed by atoms with Crippen LogP contribution in [-0.2, 0) is 17.6 Å². The van der Waals surface area contributed by atoms with Gasteiger partial charge in [-0.15, -0.1) is 0 Å². The summed E-state index contributed by atoms with van der Waals surface area (Å²) in [7, 11) is 0. The maximum Gasteiger partial charge on any atom is 0.164 e. The van der Waals surface area contributed by atoms with Crippen LogP contribution in [-0.4, -0.2) is 16.1 Å². The van der Waals surface area contributed by atoms with E-state index in [9.17, 15) is 9.59 Å². The molecule has 0 aliphatic carbocycles. The largest absolute Gasteiger partial charge is 0.341 e. The molecule has 27 heavy (non-hydrogen) atoms. The van der Waals surface area contributed by atoms with E-state index < -0.39 is 0 Å². The van der Waals surface area contributed by atoms with E-state index >= 15 is 0 Å². The van der Waals surface area contributed by atoms with E-state index in [2.05, 4.69) is 28.8 Å². The number of aromatic nitrogens is 1. The van der Waals surface area contributed by atoms with E-state index in [-0.39, 0.29) is 17.6 Å². The van der Waals surface area contributed by atoms with E-state index in [4.69, 9.17) is 0 Å². The zero-order valence-electron chi connectivity index (χ0n) is 15.8. The van der Waals surface area contributed by atoms with Gasteiger partial charge >= 0.3 is 0 Å². The van der Waals surface area contributed by atoms with Crippen molar-refractivity contribution in [2.45, 2.75) is 51.5 Å². The Balaban J connectivity index is 1.72. The van der Waals surface area contributed by atoms with Gasteiger partial charge in [0.1, 0.15) is 5.78 Å². The highest BCUT2D eigenvalue weighted by atomic mass is 16.1. The molecule has 3 heteroatoms. The number of aryl methyl sites for hydroxylation is 1. The fourth-order valence-corrected chi connectivity index (χ4v) is 4.44. The van der Waals surface area contributed by atoms with Gasteiger partial charge in [-0.1, -0.05) is 48.5 Å². The second-order valence-corrected chi connectivity index (χ2v) is 7.55. The topological polar surface area (TPSA) is 39.1 Å². The molecule has 0 spiro atoms. The van der Waals surface area contributed by atoms with Crippen molar-refractivity contribution in [2.24, 2.45) is 0 Å². The second kappa shape index (κ2) is 7.51. The molecule has 3 nitrogen and oxygen atoms in total. The van der Waals surface area contributed by atoms with Crippen molar-refractivity contribution in [3.05, 3.63) is 71.4 Å². The average molecular weight is 359 g/mol. The molecule has 0 fully saturated rings. The van der Waals surface area contributed by atoms with Gasteiger partial charge in [-0.3, -0.25) is 4.79 Å². The lowest BCUT2D eigenvalue weighted by Crippen LogP contribution is -2.21. The van der Waals surface area contributed by atoms with E-state index in [1.165, 1.54) is 22.2 Å². The Morgan fingerprint density at radius 2 is 1.78 bits per heavy atom. The van der Waals surface area contributed by atoms with Gasteiger partial charge in [0.2, 0.25) is 0 Å². The number of hydrogen-bond donors (Lipinski definition) is 0. The molecule has 0 unspecified atom stereocenters. The highest BCUT2D eigenvalue weighted by molar-refractivity contribution is 5.96. The molecule has 0 saturated heterocycles. The number of Topliss-reactive ketones (excluding diaryl/α,β-unsaturated/α-hetero) is 2. The van der Waals surface area contributed by atoms with Crippen molar-refractivity contribution in [3.8, 4) is 0 Å². The van der Waals surface area contributed by atoms with Gasteiger partial charge in [-0.2, -0.15) is 0 Å². The fourth-order valence-electron chi connectivity index (χ4n) is 4.44. The first kappa shape index (κ1) is 17.7. The Morgan fingerprint density at radius 1 is 1.04 bits per heavy atom. The van der Waals surface area contributed by atoms with Gasteiger partial charge < -0.3 is 9.36 Å². The maximum atomic E-state index is 12.8. The van der Waals surface area contributed by atoms with Gasteiger partial charge in [0.15, 0.2) is 5.78 Å². The van der Waals surface area contributed by atoms with Gasteiger partial charge in [0, 0.05) is 41.0 Å². The van der Waals surface area contributed by atoms with Crippen LogP contribution in [0.2, 0.25) is 0 Å². The van der Waals surface area contributed by atoms with Crippen molar-refractivity contribution in [2.75, 3.05) is 0 Å². The van der Waals surface area contributed by atoms with Crippen LogP contribution in [0, 0.1) is 0 Å². The molecule has 4 rings (SSSR count). The minimum atomic E-state index is 0.192. The van der Waals surface area contributed by atoms with Crippen LogP contribution < -0.4 is 0 Å². The normalized spacial score (nSPS) is 16.3. The number of hydrogen-bond acceptors (Lipinski definition) is 2.